The monoisotopic (exact) mass is 515 g/mol. The lowest BCUT2D eigenvalue weighted by molar-refractivity contribution is -0.122. The second-order valence-electron chi connectivity index (χ2n) is 8.85. The lowest BCUT2D eigenvalue weighted by Crippen LogP contribution is -2.54. The van der Waals surface area contributed by atoms with E-state index in [-0.39, 0.29) is 17.0 Å². The molecule has 0 unspecified atom stereocenters. The Labute approximate surface area is 200 Å². The van der Waals surface area contributed by atoms with E-state index >= 15 is 0 Å². The molecule has 0 saturated carbocycles. The van der Waals surface area contributed by atoms with Crippen LogP contribution in [0.5, 0.6) is 0 Å². The topological polar surface area (TPSA) is 69.7 Å². The maximum absolute atomic E-state index is 13.2. The van der Waals surface area contributed by atoms with Gasteiger partial charge in [-0.1, -0.05) is 40.5 Å². The molecule has 4 rings (SSSR count). The van der Waals surface area contributed by atoms with Crippen molar-refractivity contribution in [3.63, 3.8) is 0 Å². The SMILES string of the molecule is C[C@@H]1CC(C)(C)N(C)c2cc(Cl)c(/C=C3\C(=O)NC(=O)N(c4cccc(Br)c4)C3=O)cc21. The highest BCUT2D eigenvalue weighted by Crippen LogP contribution is 2.44. The minimum Gasteiger partial charge on any atom is -0.369 e. The molecule has 1 atom stereocenters. The van der Waals surface area contributed by atoms with Gasteiger partial charge in [-0.05, 0) is 73.7 Å². The highest BCUT2D eigenvalue weighted by molar-refractivity contribution is 9.10. The zero-order chi connectivity index (χ0) is 23.4. The van der Waals surface area contributed by atoms with Crippen LogP contribution in [0.1, 0.15) is 44.2 Å². The van der Waals surface area contributed by atoms with Gasteiger partial charge in [-0.15, -0.1) is 0 Å². The van der Waals surface area contributed by atoms with Gasteiger partial charge in [-0.3, -0.25) is 14.9 Å². The molecule has 32 heavy (non-hydrogen) atoms. The molecule has 2 aliphatic rings. The number of carbonyl (C=O) groups is 3. The quantitative estimate of drug-likeness (QED) is 0.423. The lowest BCUT2D eigenvalue weighted by atomic mass is 9.80. The first-order valence-electron chi connectivity index (χ1n) is 10.2. The van der Waals surface area contributed by atoms with Gasteiger partial charge in [-0.25, -0.2) is 9.69 Å². The summed E-state index contributed by atoms with van der Waals surface area (Å²) in [7, 11) is 2.04. The van der Waals surface area contributed by atoms with Crippen molar-refractivity contribution in [1.82, 2.24) is 5.32 Å². The van der Waals surface area contributed by atoms with E-state index in [9.17, 15) is 14.4 Å². The van der Waals surface area contributed by atoms with Gasteiger partial charge in [0.2, 0.25) is 0 Å². The van der Waals surface area contributed by atoms with Crippen molar-refractivity contribution in [1.29, 1.82) is 0 Å². The van der Waals surface area contributed by atoms with Gasteiger partial charge in [0.25, 0.3) is 11.8 Å². The van der Waals surface area contributed by atoms with Crippen molar-refractivity contribution in [2.45, 2.75) is 38.6 Å². The molecule has 2 heterocycles. The van der Waals surface area contributed by atoms with E-state index in [0.29, 0.717) is 20.7 Å². The summed E-state index contributed by atoms with van der Waals surface area (Å²) in [5, 5.41) is 2.68. The minimum absolute atomic E-state index is 0.0141. The fourth-order valence-corrected chi connectivity index (χ4v) is 4.98. The maximum atomic E-state index is 13.2. The molecular formula is C24H23BrClN3O3. The molecule has 2 aliphatic heterocycles. The van der Waals surface area contributed by atoms with Crippen molar-refractivity contribution in [2.24, 2.45) is 0 Å². The summed E-state index contributed by atoms with van der Waals surface area (Å²) in [6.45, 7) is 6.54. The van der Waals surface area contributed by atoms with Crippen molar-refractivity contribution < 1.29 is 14.4 Å². The van der Waals surface area contributed by atoms with Gasteiger partial charge in [0.15, 0.2) is 0 Å². The molecule has 0 aromatic heterocycles. The van der Waals surface area contributed by atoms with Crippen LogP contribution in [0.2, 0.25) is 5.02 Å². The third-order valence-corrected chi connectivity index (χ3v) is 7.04. The van der Waals surface area contributed by atoms with E-state index in [1.54, 1.807) is 24.3 Å². The van der Waals surface area contributed by atoms with Crippen molar-refractivity contribution in [3.05, 3.63) is 62.6 Å². The maximum Gasteiger partial charge on any atom is 0.335 e. The van der Waals surface area contributed by atoms with Crippen LogP contribution in [0.4, 0.5) is 16.2 Å². The number of imide groups is 2. The van der Waals surface area contributed by atoms with Crippen LogP contribution in [0.3, 0.4) is 0 Å². The third-order valence-electron chi connectivity index (χ3n) is 6.22. The molecule has 0 aliphatic carbocycles. The second kappa shape index (κ2) is 8.05. The molecule has 6 nitrogen and oxygen atoms in total. The molecule has 2 aromatic rings. The Balaban J connectivity index is 1.78. The molecule has 0 radical (unpaired) electrons. The first kappa shape index (κ1) is 22.6. The molecule has 166 valence electrons. The first-order chi connectivity index (χ1) is 15.0. The lowest BCUT2D eigenvalue weighted by Gasteiger charge is -2.45. The van der Waals surface area contributed by atoms with Gasteiger partial charge in [0.1, 0.15) is 5.57 Å². The number of nitrogens with one attached hydrogen (secondary N) is 1. The van der Waals surface area contributed by atoms with Crippen molar-refractivity contribution in [3.8, 4) is 0 Å². The van der Waals surface area contributed by atoms with Crippen LogP contribution in [-0.2, 0) is 9.59 Å². The highest BCUT2D eigenvalue weighted by atomic mass is 79.9. The Morgan fingerprint density at radius 3 is 2.59 bits per heavy atom. The molecule has 0 bridgehead atoms. The van der Waals surface area contributed by atoms with Gasteiger partial charge in [-0.2, -0.15) is 0 Å². The number of anilines is 2. The Bertz CT molecular complexity index is 1190. The molecule has 1 N–H and O–H groups in total. The summed E-state index contributed by atoms with van der Waals surface area (Å²) in [4.78, 5) is 41.3. The van der Waals surface area contributed by atoms with Gasteiger partial charge in [0, 0.05) is 27.8 Å². The number of carbonyl (C=O) groups excluding carboxylic acids is 3. The smallest absolute Gasteiger partial charge is 0.335 e. The summed E-state index contributed by atoms with van der Waals surface area (Å²) < 4.78 is 0.705. The summed E-state index contributed by atoms with van der Waals surface area (Å²) in [5.74, 6) is -1.16. The summed E-state index contributed by atoms with van der Waals surface area (Å²) in [6.07, 6.45) is 2.42. The molecule has 8 heteroatoms. The molecule has 0 spiro atoms. The summed E-state index contributed by atoms with van der Waals surface area (Å²) >= 11 is 9.92. The van der Waals surface area contributed by atoms with Crippen LogP contribution in [0.15, 0.2) is 46.4 Å². The van der Waals surface area contributed by atoms with Crippen LogP contribution in [0, 0.1) is 0 Å². The van der Waals surface area contributed by atoms with E-state index in [4.69, 9.17) is 11.6 Å². The van der Waals surface area contributed by atoms with Crippen molar-refractivity contribution >= 4 is 62.8 Å². The number of barbiturate groups is 1. The second-order valence-corrected chi connectivity index (χ2v) is 10.2. The fraction of sp³-hybridized carbons (Fsp3) is 0.292. The first-order valence-corrected chi connectivity index (χ1v) is 11.4. The predicted molar refractivity (Wildman–Crippen MR) is 130 cm³/mol. The average Bonchev–Trinajstić information content (AvgIpc) is 2.69. The third kappa shape index (κ3) is 3.84. The molecule has 1 fully saturated rings. The van der Waals surface area contributed by atoms with Crippen LogP contribution in [0.25, 0.3) is 6.08 Å². The minimum atomic E-state index is -0.788. The molecule has 4 amide bonds. The zero-order valence-electron chi connectivity index (χ0n) is 18.2. The Morgan fingerprint density at radius 2 is 1.91 bits per heavy atom. The van der Waals surface area contributed by atoms with Gasteiger partial charge in [0.05, 0.1) is 5.69 Å². The summed E-state index contributed by atoms with van der Waals surface area (Å²) in [6, 6.07) is 9.77. The predicted octanol–water partition coefficient (Wildman–Crippen LogP) is 5.49. The molecular weight excluding hydrogens is 494 g/mol. The van der Waals surface area contributed by atoms with E-state index in [0.717, 1.165) is 22.6 Å². The number of nitrogens with zero attached hydrogens (tertiary/aromatic N) is 2. The van der Waals surface area contributed by atoms with Crippen molar-refractivity contribution in [2.75, 3.05) is 16.8 Å². The number of hydrogen-bond donors (Lipinski definition) is 1. The summed E-state index contributed by atoms with van der Waals surface area (Å²) in [5.41, 5.74) is 2.89. The number of benzene rings is 2. The van der Waals surface area contributed by atoms with Gasteiger partial charge >= 0.3 is 6.03 Å². The van der Waals surface area contributed by atoms with Gasteiger partial charge < -0.3 is 4.90 Å². The normalized spacial score (nSPS) is 21.6. The number of hydrogen-bond acceptors (Lipinski definition) is 4. The van der Waals surface area contributed by atoms with E-state index in [2.05, 4.69) is 46.9 Å². The number of rotatable bonds is 2. The fourth-order valence-electron chi connectivity index (χ4n) is 4.38. The number of fused-ring (bicyclic) bond motifs is 1. The van der Waals surface area contributed by atoms with Crippen LogP contribution >= 0.6 is 27.5 Å². The zero-order valence-corrected chi connectivity index (χ0v) is 20.5. The highest BCUT2D eigenvalue weighted by Gasteiger charge is 2.38. The Morgan fingerprint density at radius 1 is 1.19 bits per heavy atom. The van der Waals surface area contributed by atoms with Crippen LogP contribution in [-0.4, -0.2) is 30.4 Å². The molecule has 1 saturated heterocycles. The Kier molecular flexibility index (Phi) is 5.67. The Hall–Kier alpha value is -2.64. The number of urea groups is 1. The molecule has 2 aromatic carbocycles. The van der Waals surface area contributed by atoms with Crippen LogP contribution < -0.4 is 15.1 Å². The van der Waals surface area contributed by atoms with E-state index in [1.165, 1.54) is 6.08 Å². The van der Waals surface area contributed by atoms with E-state index < -0.39 is 17.8 Å². The number of amides is 4. The average molecular weight is 517 g/mol. The number of halogens is 2. The largest absolute Gasteiger partial charge is 0.369 e. The van der Waals surface area contributed by atoms with E-state index in [1.807, 2.05) is 19.2 Å². The standard InChI is InChI=1S/C24H23BrClN3O3/c1-13-12-24(2,3)28(4)20-11-19(26)14(8-17(13)20)9-18-21(30)27-23(32)29(22(18)31)16-7-5-6-15(25)10-16/h5-11,13H,12H2,1-4H3,(H,27,30,32)/b18-9+/t13-/m1/s1.